The number of rotatable bonds is 5. The molecule has 0 aliphatic carbocycles. The molecule has 0 aromatic heterocycles. The molecule has 0 bridgehead atoms. The highest BCUT2D eigenvalue weighted by Crippen LogP contribution is 2.17. The summed E-state index contributed by atoms with van der Waals surface area (Å²) in [6.45, 7) is 8.15. The van der Waals surface area contributed by atoms with Gasteiger partial charge in [-0.1, -0.05) is 29.8 Å². The van der Waals surface area contributed by atoms with E-state index in [0.717, 1.165) is 18.5 Å². The summed E-state index contributed by atoms with van der Waals surface area (Å²) >= 11 is 0. The Balaban J connectivity index is 1.67. The number of carbonyl (C=O) groups is 2. The standard InChI is InChI=1S/C22H26N2O2/c1-15-10-16(2)20(17(3)11-15)13-23-22(26)19-7-4-6-18(12-19)14-24-9-5-8-21(24)25/h4,6-7,10-12H,5,8-9,13-14H2,1-3H3,(H,23,26). The van der Waals surface area contributed by atoms with Crippen LogP contribution in [-0.4, -0.2) is 23.3 Å². The number of hydrogen-bond donors (Lipinski definition) is 1. The van der Waals surface area contributed by atoms with Gasteiger partial charge in [-0.2, -0.15) is 0 Å². The molecule has 0 unspecified atom stereocenters. The van der Waals surface area contributed by atoms with Crippen LogP contribution in [0.1, 0.15) is 51.0 Å². The average molecular weight is 350 g/mol. The predicted octanol–water partition coefficient (Wildman–Crippen LogP) is 3.66. The number of benzene rings is 2. The molecule has 1 aliphatic heterocycles. The van der Waals surface area contributed by atoms with Crippen molar-refractivity contribution < 1.29 is 9.59 Å². The molecular weight excluding hydrogens is 324 g/mol. The summed E-state index contributed by atoms with van der Waals surface area (Å²) in [4.78, 5) is 26.2. The first kappa shape index (κ1) is 18.2. The zero-order valence-corrected chi connectivity index (χ0v) is 15.8. The Morgan fingerprint density at radius 2 is 1.85 bits per heavy atom. The van der Waals surface area contributed by atoms with Crippen molar-refractivity contribution in [3.63, 3.8) is 0 Å². The molecule has 4 heteroatoms. The summed E-state index contributed by atoms with van der Waals surface area (Å²) in [5.41, 5.74) is 6.43. The van der Waals surface area contributed by atoms with Crippen LogP contribution in [0.4, 0.5) is 0 Å². The Kier molecular flexibility index (Phi) is 5.40. The first-order valence-electron chi connectivity index (χ1n) is 9.15. The van der Waals surface area contributed by atoms with Crippen molar-refractivity contribution in [2.75, 3.05) is 6.54 Å². The normalized spacial score (nSPS) is 14.0. The average Bonchev–Trinajstić information content (AvgIpc) is 2.99. The van der Waals surface area contributed by atoms with Gasteiger partial charge in [0.2, 0.25) is 5.91 Å². The minimum atomic E-state index is -0.0843. The van der Waals surface area contributed by atoms with Crippen molar-refractivity contribution in [2.24, 2.45) is 0 Å². The van der Waals surface area contributed by atoms with E-state index in [0.29, 0.717) is 25.1 Å². The van der Waals surface area contributed by atoms with Gasteiger partial charge in [-0.15, -0.1) is 0 Å². The molecule has 1 N–H and O–H groups in total. The summed E-state index contributed by atoms with van der Waals surface area (Å²) in [6.07, 6.45) is 1.56. The first-order chi connectivity index (χ1) is 12.4. The summed E-state index contributed by atoms with van der Waals surface area (Å²) in [6, 6.07) is 11.8. The van der Waals surface area contributed by atoms with E-state index in [2.05, 4.69) is 38.2 Å². The number of likely N-dealkylation sites (tertiary alicyclic amines) is 1. The SMILES string of the molecule is Cc1cc(C)c(CNC(=O)c2cccc(CN3CCCC3=O)c2)c(C)c1. The van der Waals surface area contributed by atoms with E-state index in [1.165, 1.54) is 22.3 Å². The molecule has 2 amide bonds. The van der Waals surface area contributed by atoms with E-state index in [1.807, 2.05) is 29.2 Å². The van der Waals surface area contributed by atoms with Crippen LogP contribution >= 0.6 is 0 Å². The lowest BCUT2D eigenvalue weighted by molar-refractivity contribution is -0.128. The van der Waals surface area contributed by atoms with Crippen LogP contribution in [0, 0.1) is 20.8 Å². The van der Waals surface area contributed by atoms with Crippen molar-refractivity contribution in [1.82, 2.24) is 10.2 Å². The zero-order chi connectivity index (χ0) is 18.7. The molecule has 0 atom stereocenters. The second kappa shape index (κ2) is 7.73. The number of nitrogens with zero attached hydrogens (tertiary/aromatic N) is 1. The Bertz CT molecular complexity index is 819. The number of aryl methyl sites for hydroxylation is 3. The molecule has 0 spiro atoms. The minimum absolute atomic E-state index is 0.0843. The summed E-state index contributed by atoms with van der Waals surface area (Å²) < 4.78 is 0. The van der Waals surface area contributed by atoms with Crippen molar-refractivity contribution in [2.45, 2.75) is 46.7 Å². The molecule has 1 fully saturated rings. The molecule has 2 aromatic rings. The van der Waals surface area contributed by atoms with Gasteiger partial charge in [-0.3, -0.25) is 9.59 Å². The minimum Gasteiger partial charge on any atom is -0.348 e. The van der Waals surface area contributed by atoms with Gasteiger partial charge >= 0.3 is 0 Å². The van der Waals surface area contributed by atoms with E-state index in [9.17, 15) is 9.59 Å². The van der Waals surface area contributed by atoms with Gasteiger partial charge in [0.05, 0.1) is 0 Å². The van der Waals surface area contributed by atoms with Crippen LogP contribution in [0.3, 0.4) is 0 Å². The zero-order valence-electron chi connectivity index (χ0n) is 15.8. The van der Waals surface area contributed by atoms with Gasteiger partial charge in [-0.05, 0) is 61.6 Å². The molecular formula is C22H26N2O2. The highest BCUT2D eigenvalue weighted by molar-refractivity contribution is 5.94. The van der Waals surface area contributed by atoms with Crippen molar-refractivity contribution in [1.29, 1.82) is 0 Å². The van der Waals surface area contributed by atoms with Gasteiger partial charge in [0.1, 0.15) is 0 Å². The number of nitrogens with one attached hydrogen (secondary N) is 1. The number of carbonyl (C=O) groups excluding carboxylic acids is 2. The summed E-state index contributed by atoms with van der Waals surface area (Å²) in [7, 11) is 0. The van der Waals surface area contributed by atoms with Gasteiger partial charge in [0.25, 0.3) is 5.91 Å². The van der Waals surface area contributed by atoms with E-state index in [1.54, 1.807) is 0 Å². The highest BCUT2D eigenvalue weighted by atomic mass is 16.2. The third-order valence-corrected chi connectivity index (χ3v) is 5.00. The van der Waals surface area contributed by atoms with E-state index in [-0.39, 0.29) is 11.8 Å². The number of amides is 2. The summed E-state index contributed by atoms with van der Waals surface area (Å²) in [5, 5.41) is 3.03. The highest BCUT2D eigenvalue weighted by Gasteiger charge is 2.20. The smallest absolute Gasteiger partial charge is 0.251 e. The maximum absolute atomic E-state index is 12.6. The lowest BCUT2D eigenvalue weighted by Gasteiger charge is -2.16. The van der Waals surface area contributed by atoms with E-state index >= 15 is 0 Å². The second-order valence-corrected chi connectivity index (χ2v) is 7.18. The van der Waals surface area contributed by atoms with Gasteiger partial charge in [-0.25, -0.2) is 0 Å². The van der Waals surface area contributed by atoms with Crippen molar-refractivity contribution >= 4 is 11.8 Å². The predicted molar refractivity (Wildman–Crippen MR) is 103 cm³/mol. The third kappa shape index (κ3) is 4.13. The molecule has 4 nitrogen and oxygen atoms in total. The van der Waals surface area contributed by atoms with Gasteiger partial charge in [0, 0.05) is 31.6 Å². The van der Waals surface area contributed by atoms with E-state index < -0.39 is 0 Å². The molecule has 0 radical (unpaired) electrons. The van der Waals surface area contributed by atoms with E-state index in [4.69, 9.17) is 0 Å². The monoisotopic (exact) mass is 350 g/mol. The van der Waals surface area contributed by atoms with Crippen molar-refractivity contribution in [3.05, 3.63) is 69.8 Å². The molecule has 0 saturated carbocycles. The van der Waals surface area contributed by atoms with Crippen LogP contribution < -0.4 is 5.32 Å². The third-order valence-electron chi connectivity index (χ3n) is 5.00. The first-order valence-corrected chi connectivity index (χ1v) is 9.15. The lowest BCUT2D eigenvalue weighted by atomic mass is 10.00. The molecule has 3 rings (SSSR count). The Hall–Kier alpha value is -2.62. The quantitative estimate of drug-likeness (QED) is 0.894. The van der Waals surface area contributed by atoms with Crippen LogP contribution in [0.5, 0.6) is 0 Å². The maximum Gasteiger partial charge on any atom is 0.251 e. The Morgan fingerprint density at radius 3 is 2.50 bits per heavy atom. The fourth-order valence-corrected chi connectivity index (χ4v) is 3.66. The summed E-state index contributed by atoms with van der Waals surface area (Å²) in [5.74, 6) is 0.115. The van der Waals surface area contributed by atoms with Crippen molar-refractivity contribution in [3.8, 4) is 0 Å². The lowest BCUT2D eigenvalue weighted by Crippen LogP contribution is -2.25. The van der Waals surface area contributed by atoms with Crippen LogP contribution in [0.15, 0.2) is 36.4 Å². The molecule has 2 aromatic carbocycles. The largest absolute Gasteiger partial charge is 0.348 e. The molecule has 26 heavy (non-hydrogen) atoms. The fraction of sp³-hybridized carbons (Fsp3) is 0.364. The number of hydrogen-bond acceptors (Lipinski definition) is 2. The fourth-order valence-electron chi connectivity index (χ4n) is 3.66. The Morgan fingerprint density at radius 1 is 1.12 bits per heavy atom. The molecule has 1 saturated heterocycles. The topological polar surface area (TPSA) is 49.4 Å². The van der Waals surface area contributed by atoms with Crippen LogP contribution in [0.2, 0.25) is 0 Å². The van der Waals surface area contributed by atoms with Crippen LogP contribution in [-0.2, 0) is 17.9 Å². The second-order valence-electron chi connectivity index (χ2n) is 7.18. The molecule has 1 aliphatic rings. The van der Waals surface area contributed by atoms with Gasteiger partial charge in [0.15, 0.2) is 0 Å². The maximum atomic E-state index is 12.6. The molecule has 136 valence electrons. The molecule has 1 heterocycles. The Labute approximate surface area is 155 Å². The van der Waals surface area contributed by atoms with Gasteiger partial charge < -0.3 is 10.2 Å². The van der Waals surface area contributed by atoms with Crippen LogP contribution in [0.25, 0.3) is 0 Å².